The van der Waals surface area contributed by atoms with Crippen LogP contribution in [0.15, 0.2) is 30.6 Å². The molecule has 74 valence electrons. The highest BCUT2D eigenvalue weighted by Gasteiger charge is 2.03. The molecule has 0 aliphatic heterocycles. The van der Waals surface area contributed by atoms with E-state index in [2.05, 4.69) is 4.98 Å². The first kappa shape index (κ1) is 10.6. The molecule has 0 saturated carbocycles. The first-order valence-electron chi connectivity index (χ1n) is 3.89. The van der Waals surface area contributed by atoms with Crippen molar-refractivity contribution in [2.24, 2.45) is 0 Å². The molecule has 0 radical (unpaired) electrons. The number of hydrogen-bond donors (Lipinski definition) is 1. The number of carbonyl (C=O) groups is 1. The van der Waals surface area contributed by atoms with Gasteiger partial charge in [-0.05, 0) is 12.1 Å². The smallest absolute Gasteiger partial charge is 0.323 e. The fraction of sp³-hybridized carbons (Fsp3) is 0.111. The Bertz CT molecular complexity index is 453. The molecule has 0 spiro atoms. The lowest BCUT2D eigenvalue weighted by Crippen LogP contribution is -2.07. The van der Waals surface area contributed by atoms with Gasteiger partial charge in [-0.25, -0.2) is 4.98 Å². The van der Waals surface area contributed by atoms with Gasteiger partial charge in [0.15, 0.2) is 0 Å². The summed E-state index contributed by atoms with van der Waals surface area (Å²) in [6, 6.07) is 7.45. The number of fused-ring (bicyclic) bond motifs is 1. The predicted molar refractivity (Wildman–Crippen MR) is 57.7 cm³/mol. The minimum Gasteiger partial charge on any atom is -0.480 e. The van der Waals surface area contributed by atoms with Crippen molar-refractivity contribution < 1.29 is 9.90 Å². The lowest BCUT2D eigenvalue weighted by atomic mass is 10.3. The molecule has 1 aromatic carbocycles. The van der Waals surface area contributed by atoms with E-state index in [0.29, 0.717) is 0 Å². The van der Waals surface area contributed by atoms with Crippen molar-refractivity contribution in [3.63, 3.8) is 0 Å². The molecule has 0 atom stereocenters. The van der Waals surface area contributed by atoms with E-state index in [1.807, 2.05) is 24.3 Å². The van der Waals surface area contributed by atoms with Crippen LogP contribution in [0.25, 0.3) is 11.0 Å². The summed E-state index contributed by atoms with van der Waals surface area (Å²) in [7, 11) is 0. The van der Waals surface area contributed by atoms with E-state index in [0.717, 1.165) is 11.0 Å². The third-order valence-corrected chi connectivity index (χ3v) is 1.83. The van der Waals surface area contributed by atoms with E-state index in [1.165, 1.54) is 0 Å². The third-order valence-electron chi connectivity index (χ3n) is 1.83. The second-order valence-corrected chi connectivity index (χ2v) is 2.75. The average Bonchev–Trinajstić information content (AvgIpc) is 2.48. The normalized spacial score (nSPS) is 9.71. The Morgan fingerprint density at radius 3 is 2.86 bits per heavy atom. The number of nitrogens with zero attached hydrogens (tertiary/aromatic N) is 2. The molecule has 0 aliphatic carbocycles. The van der Waals surface area contributed by atoms with Gasteiger partial charge in [-0.2, -0.15) is 13.5 Å². The van der Waals surface area contributed by atoms with Crippen LogP contribution < -0.4 is 0 Å². The SMILES string of the molecule is O=C(O)Cn1cnc2ccccc21.S. The van der Waals surface area contributed by atoms with Gasteiger partial charge in [0.05, 0.1) is 17.4 Å². The Kier molecular flexibility index (Phi) is 3.14. The van der Waals surface area contributed by atoms with Gasteiger partial charge in [0.1, 0.15) is 6.54 Å². The Morgan fingerprint density at radius 2 is 2.14 bits per heavy atom. The lowest BCUT2D eigenvalue weighted by Gasteiger charge is -1.97. The monoisotopic (exact) mass is 210 g/mol. The van der Waals surface area contributed by atoms with Crippen LogP contribution in [0, 0.1) is 0 Å². The molecular weight excluding hydrogens is 200 g/mol. The molecule has 1 heterocycles. The fourth-order valence-corrected chi connectivity index (χ4v) is 1.28. The lowest BCUT2D eigenvalue weighted by molar-refractivity contribution is -0.137. The number of rotatable bonds is 2. The molecule has 2 aromatic rings. The quantitative estimate of drug-likeness (QED) is 0.811. The van der Waals surface area contributed by atoms with Crippen molar-refractivity contribution in [3.8, 4) is 0 Å². The first-order chi connectivity index (χ1) is 6.27. The zero-order valence-corrected chi connectivity index (χ0v) is 8.34. The molecule has 1 aromatic heterocycles. The van der Waals surface area contributed by atoms with Crippen LogP contribution in [0.4, 0.5) is 0 Å². The Balaban J connectivity index is 0.000000980. The number of aromatic nitrogens is 2. The van der Waals surface area contributed by atoms with Gasteiger partial charge in [0.25, 0.3) is 0 Å². The molecular formula is C9H10N2O2S. The van der Waals surface area contributed by atoms with Crippen LogP contribution in [0.2, 0.25) is 0 Å². The van der Waals surface area contributed by atoms with Gasteiger partial charge in [-0.1, -0.05) is 12.1 Å². The van der Waals surface area contributed by atoms with Gasteiger partial charge >= 0.3 is 5.97 Å². The van der Waals surface area contributed by atoms with E-state index in [-0.39, 0.29) is 20.0 Å². The summed E-state index contributed by atoms with van der Waals surface area (Å²) >= 11 is 0. The molecule has 1 N–H and O–H groups in total. The second kappa shape index (κ2) is 4.15. The molecule has 0 unspecified atom stereocenters. The number of aliphatic carboxylic acids is 1. The van der Waals surface area contributed by atoms with E-state index in [1.54, 1.807) is 10.9 Å². The minimum atomic E-state index is -0.858. The summed E-state index contributed by atoms with van der Waals surface area (Å²) in [5, 5.41) is 8.60. The number of para-hydroxylation sites is 2. The van der Waals surface area contributed by atoms with Gasteiger partial charge < -0.3 is 9.67 Å². The molecule has 0 bridgehead atoms. The summed E-state index contributed by atoms with van der Waals surface area (Å²) in [6.07, 6.45) is 1.54. The molecule has 4 nitrogen and oxygen atoms in total. The second-order valence-electron chi connectivity index (χ2n) is 2.75. The summed E-state index contributed by atoms with van der Waals surface area (Å²) in [4.78, 5) is 14.5. The van der Waals surface area contributed by atoms with Crippen LogP contribution in [0.5, 0.6) is 0 Å². The van der Waals surface area contributed by atoms with Crippen molar-refractivity contribution in [2.75, 3.05) is 0 Å². The average molecular weight is 210 g/mol. The van der Waals surface area contributed by atoms with Crippen LogP contribution in [-0.2, 0) is 11.3 Å². The number of hydrogen-bond acceptors (Lipinski definition) is 2. The van der Waals surface area contributed by atoms with Gasteiger partial charge in [-0.15, -0.1) is 0 Å². The molecule has 2 rings (SSSR count). The van der Waals surface area contributed by atoms with Crippen molar-refractivity contribution in [1.29, 1.82) is 0 Å². The summed E-state index contributed by atoms with van der Waals surface area (Å²) in [6.45, 7) is -0.0412. The number of imidazole rings is 1. The molecule has 0 amide bonds. The fourth-order valence-electron chi connectivity index (χ4n) is 1.28. The van der Waals surface area contributed by atoms with E-state index < -0.39 is 5.97 Å². The van der Waals surface area contributed by atoms with Crippen molar-refractivity contribution in [2.45, 2.75) is 6.54 Å². The minimum absolute atomic E-state index is 0. The van der Waals surface area contributed by atoms with Crippen molar-refractivity contribution in [3.05, 3.63) is 30.6 Å². The molecule has 14 heavy (non-hydrogen) atoms. The third kappa shape index (κ3) is 1.88. The van der Waals surface area contributed by atoms with Crippen molar-refractivity contribution >= 4 is 30.5 Å². The molecule has 5 heteroatoms. The Hall–Kier alpha value is -1.49. The summed E-state index contributed by atoms with van der Waals surface area (Å²) in [5.41, 5.74) is 1.67. The maximum absolute atomic E-state index is 10.5. The highest BCUT2D eigenvalue weighted by Crippen LogP contribution is 2.10. The van der Waals surface area contributed by atoms with E-state index in [9.17, 15) is 4.79 Å². The maximum Gasteiger partial charge on any atom is 0.323 e. The van der Waals surface area contributed by atoms with E-state index in [4.69, 9.17) is 5.11 Å². The Labute approximate surface area is 87.6 Å². The topological polar surface area (TPSA) is 55.1 Å². The van der Waals surface area contributed by atoms with Crippen LogP contribution >= 0.6 is 13.5 Å². The highest BCUT2D eigenvalue weighted by molar-refractivity contribution is 7.59. The largest absolute Gasteiger partial charge is 0.480 e. The number of carboxylic acids is 1. The number of carboxylic acid groups (broad SMARTS) is 1. The van der Waals surface area contributed by atoms with Gasteiger partial charge in [0, 0.05) is 0 Å². The Morgan fingerprint density at radius 1 is 1.43 bits per heavy atom. The van der Waals surface area contributed by atoms with Gasteiger partial charge in [-0.3, -0.25) is 4.79 Å². The summed E-state index contributed by atoms with van der Waals surface area (Å²) < 4.78 is 1.61. The molecule has 0 fully saturated rings. The standard InChI is InChI=1S/C9H8N2O2.H2S/c12-9(13)5-11-6-10-7-3-1-2-4-8(7)11;/h1-4,6H,5H2,(H,12,13);1H2. The zero-order valence-electron chi connectivity index (χ0n) is 7.34. The zero-order chi connectivity index (χ0) is 9.26. The highest BCUT2D eigenvalue weighted by atomic mass is 32.1. The number of benzene rings is 1. The molecule has 0 aliphatic rings. The van der Waals surface area contributed by atoms with E-state index >= 15 is 0 Å². The molecule has 0 saturated heterocycles. The first-order valence-corrected chi connectivity index (χ1v) is 3.89. The van der Waals surface area contributed by atoms with Crippen molar-refractivity contribution in [1.82, 2.24) is 9.55 Å². The maximum atomic E-state index is 10.5. The van der Waals surface area contributed by atoms with Crippen LogP contribution in [-0.4, -0.2) is 20.6 Å². The van der Waals surface area contributed by atoms with Crippen LogP contribution in [0.1, 0.15) is 0 Å². The summed E-state index contributed by atoms with van der Waals surface area (Å²) in [5.74, 6) is -0.858. The van der Waals surface area contributed by atoms with Gasteiger partial charge in [0.2, 0.25) is 0 Å². The van der Waals surface area contributed by atoms with Crippen LogP contribution in [0.3, 0.4) is 0 Å². The predicted octanol–water partition coefficient (Wildman–Crippen LogP) is 1.23.